The normalized spacial score (nSPS) is 11.1. The highest BCUT2D eigenvalue weighted by Crippen LogP contribution is 2.27. The number of methoxy groups -OCH3 is 1. The number of benzene rings is 1. The van der Waals surface area contributed by atoms with Gasteiger partial charge in [-0.05, 0) is 24.3 Å². The van der Waals surface area contributed by atoms with Crippen LogP contribution < -0.4 is 10.1 Å². The van der Waals surface area contributed by atoms with Gasteiger partial charge in [0.2, 0.25) is 0 Å². The number of pyridine rings is 1. The highest BCUT2D eigenvalue weighted by atomic mass is 19.1. The number of anilines is 1. The van der Waals surface area contributed by atoms with Gasteiger partial charge in [-0.2, -0.15) is 5.10 Å². The van der Waals surface area contributed by atoms with E-state index in [0.29, 0.717) is 23.5 Å². The van der Waals surface area contributed by atoms with Gasteiger partial charge in [-0.25, -0.2) is 4.39 Å². The lowest BCUT2D eigenvalue weighted by molar-refractivity contribution is 0.269. The summed E-state index contributed by atoms with van der Waals surface area (Å²) in [4.78, 5) is 0. The average Bonchev–Trinajstić information content (AvgIpc) is 3.37. The number of aliphatic hydroxyl groups excluding tert-OH is 1. The van der Waals surface area contributed by atoms with Gasteiger partial charge in [0.25, 0.3) is 0 Å². The topological polar surface area (TPSA) is 89.5 Å². The molecule has 0 aliphatic carbocycles. The molecular formula is C19H19FN6O2. The van der Waals surface area contributed by atoms with Crippen molar-refractivity contribution >= 4 is 11.5 Å². The third kappa shape index (κ3) is 3.27. The number of hydrogen-bond acceptors (Lipinski definition) is 6. The number of fused-ring (bicyclic) bond motifs is 1. The quantitative estimate of drug-likeness (QED) is 0.510. The fourth-order valence-corrected chi connectivity index (χ4v) is 3.09. The summed E-state index contributed by atoms with van der Waals surface area (Å²) in [5.41, 5.74) is 2.82. The molecule has 4 aromatic rings. The summed E-state index contributed by atoms with van der Waals surface area (Å²) in [6.45, 7) is 0.688. The molecule has 28 heavy (non-hydrogen) atoms. The van der Waals surface area contributed by atoms with Crippen LogP contribution in [-0.4, -0.2) is 43.2 Å². The van der Waals surface area contributed by atoms with Gasteiger partial charge in [0.15, 0.2) is 5.65 Å². The summed E-state index contributed by atoms with van der Waals surface area (Å²) in [5.74, 6) is 0.872. The minimum Gasteiger partial charge on any atom is -0.496 e. The van der Waals surface area contributed by atoms with E-state index in [9.17, 15) is 4.39 Å². The molecule has 0 atom stereocenters. The lowest BCUT2D eigenvalue weighted by atomic mass is 10.1. The highest BCUT2D eigenvalue weighted by Gasteiger charge is 2.13. The van der Waals surface area contributed by atoms with Crippen molar-refractivity contribution in [3.05, 3.63) is 60.4 Å². The number of nitrogens with zero attached hydrogens (tertiary/aromatic N) is 5. The first-order valence-electron chi connectivity index (χ1n) is 8.73. The van der Waals surface area contributed by atoms with E-state index in [1.807, 2.05) is 18.3 Å². The van der Waals surface area contributed by atoms with E-state index < -0.39 is 0 Å². The molecule has 3 heterocycles. The van der Waals surface area contributed by atoms with Crippen LogP contribution >= 0.6 is 0 Å². The maximum atomic E-state index is 14.2. The molecule has 0 aliphatic rings. The molecule has 4 rings (SSSR count). The lowest BCUT2D eigenvalue weighted by Gasteiger charge is -2.13. The molecule has 0 aliphatic heterocycles. The van der Waals surface area contributed by atoms with Crippen molar-refractivity contribution in [2.24, 2.45) is 0 Å². The van der Waals surface area contributed by atoms with E-state index >= 15 is 0 Å². The Bertz CT molecular complexity index is 1110. The molecule has 0 amide bonds. The van der Waals surface area contributed by atoms with E-state index in [1.54, 1.807) is 33.7 Å². The molecule has 9 heteroatoms. The van der Waals surface area contributed by atoms with Crippen LogP contribution in [0.5, 0.6) is 5.75 Å². The van der Waals surface area contributed by atoms with Gasteiger partial charge in [-0.15, -0.1) is 10.2 Å². The Labute approximate surface area is 160 Å². The van der Waals surface area contributed by atoms with Crippen LogP contribution in [0.25, 0.3) is 16.8 Å². The van der Waals surface area contributed by atoms with Gasteiger partial charge >= 0.3 is 0 Å². The predicted molar refractivity (Wildman–Crippen MR) is 102 cm³/mol. The largest absolute Gasteiger partial charge is 0.496 e. The molecule has 0 spiro atoms. The van der Waals surface area contributed by atoms with Crippen molar-refractivity contribution in [1.29, 1.82) is 0 Å². The first kappa shape index (κ1) is 17.9. The van der Waals surface area contributed by atoms with Crippen molar-refractivity contribution in [3.8, 4) is 16.9 Å². The SMILES string of the molecule is COc1cccc(F)c1CNc1ccc(-c2cnn(CCO)c2)c2nncn12. The Morgan fingerprint density at radius 1 is 1.25 bits per heavy atom. The van der Waals surface area contributed by atoms with Crippen LogP contribution in [0.2, 0.25) is 0 Å². The maximum absolute atomic E-state index is 14.2. The van der Waals surface area contributed by atoms with Crippen molar-refractivity contribution in [3.63, 3.8) is 0 Å². The minimum atomic E-state index is -0.334. The molecule has 0 fully saturated rings. The Morgan fingerprint density at radius 2 is 2.14 bits per heavy atom. The van der Waals surface area contributed by atoms with E-state index in [4.69, 9.17) is 9.84 Å². The van der Waals surface area contributed by atoms with Crippen LogP contribution in [0.4, 0.5) is 10.2 Å². The van der Waals surface area contributed by atoms with Crippen LogP contribution in [0.3, 0.4) is 0 Å². The molecule has 2 N–H and O–H groups in total. The van der Waals surface area contributed by atoms with Crippen LogP contribution in [0.15, 0.2) is 49.1 Å². The zero-order valence-corrected chi connectivity index (χ0v) is 15.2. The minimum absolute atomic E-state index is 0.0177. The van der Waals surface area contributed by atoms with E-state index in [-0.39, 0.29) is 19.0 Å². The Hall–Kier alpha value is -3.46. The molecule has 0 saturated carbocycles. The summed E-state index contributed by atoms with van der Waals surface area (Å²) in [6, 6.07) is 8.53. The standard InChI is InChI=1S/C19H19FN6O2/c1-28-17-4-2-3-16(20)15(17)10-21-18-6-5-14(19-24-22-12-26(18)19)13-9-23-25(11-13)7-8-27/h2-6,9,11-12,21,27H,7-8,10H2,1H3. The molecule has 0 radical (unpaired) electrons. The smallest absolute Gasteiger partial charge is 0.170 e. The van der Waals surface area contributed by atoms with E-state index in [2.05, 4.69) is 20.6 Å². The van der Waals surface area contributed by atoms with E-state index in [0.717, 1.165) is 16.9 Å². The summed E-state index contributed by atoms with van der Waals surface area (Å²) in [5, 5.41) is 24.7. The van der Waals surface area contributed by atoms with Gasteiger partial charge in [-0.3, -0.25) is 9.08 Å². The molecule has 0 unspecified atom stereocenters. The molecule has 0 saturated heterocycles. The molecule has 0 bridgehead atoms. The van der Waals surface area contributed by atoms with Crippen LogP contribution in [0, 0.1) is 5.82 Å². The van der Waals surface area contributed by atoms with Crippen LogP contribution in [0.1, 0.15) is 5.56 Å². The zero-order valence-electron chi connectivity index (χ0n) is 15.2. The summed E-state index contributed by atoms with van der Waals surface area (Å²) < 4.78 is 22.9. The molecular weight excluding hydrogens is 363 g/mol. The summed E-state index contributed by atoms with van der Waals surface area (Å²) in [6.07, 6.45) is 5.16. The highest BCUT2D eigenvalue weighted by molar-refractivity contribution is 5.78. The monoisotopic (exact) mass is 382 g/mol. The first-order valence-corrected chi connectivity index (χ1v) is 8.73. The van der Waals surface area contributed by atoms with Crippen molar-refractivity contribution in [1.82, 2.24) is 24.4 Å². The average molecular weight is 382 g/mol. The first-order chi connectivity index (χ1) is 13.7. The molecule has 8 nitrogen and oxygen atoms in total. The van der Waals surface area contributed by atoms with Gasteiger partial charge < -0.3 is 15.2 Å². The second-order valence-corrected chi connectivity index (χ2v) is 6.15. The van der Waals surface area contributed by atoms with Crippen molar-refractivity contribution in [2.45, 2.75) is 13.1 Å². The Balaban J connectivity index is 1.64. The summed E-state index contributed by atoms with van der Waals surface area (Å²) >= 11 is 0. The number of halogens is 1. The second-order valence-electron chi connectivity index (χ2n) is 6.15. The Morgan fingerprint density at radius 3 is 2.96 bits per heavy atom. The fraction of sp³-hybridized carbons (Fsp3) is 0.211. The lowest BCUT2D eigenvalue weighted by Crippen LogP contribution is -2.07. The third-order valence-electron chi connectivity index (χ3n) is 4.47. The summed E-state index contributed by atoms with van der Waals surface area (Å²) in [7, 11) is 1.52. The second kappa shape index (κ2) is 7.65. The molecule has 144 valence electrons. The predicted octanol–water partition coefficient (Wildman–Crippen LogP) is 2.34. The van der Waals surface area contributed by atoms with Crippen molar-refractivity contribution < 1.29 is 14.2 Å². The van der Waals surface area contributed by atoms with E-state index in [1.165, 1.54) is 13.2 Å². The fourth-order valence-electron chi connectivity index (χ4n) is 3.09. The van der Waals surface area contributed by atoms with Crippen molar-refractivity contribution in [2.75, 3.05) is 19.0 Å². The maximum Gasteiger partial charge on any atom is 0.170 e. The number of hydrogen-bond donors (Lipinski definition) is 2. The molecule has 3 aromatic heterocycles. The molecule has 1 aromatic carbocycles. The number of aromatic nitrogens is 5. The van der Waals surface area contributed by atoms with Crippen LogP contribution in [-0.2, 0) is 13.1 Å². The number of ether oxygens (including phenoxy) is 1. The zero-order chi connectivity index (χ0) is 19.5. The Kier molecular flexibility index (Phi) is 4.90. The van der Waals surface area contributed by atoms with Gasteiger partial charge in [0.05, 0.1) is 26.5 Å². The number of nitrogens with one attached hydrogen (secondary N) is 1. The third-order valence-corrected chi connectivity index (χ3v) is 4.47. The number of aliphatic hydroxyl groups is 1. The van der Waals surface area contributed by atoms with Gasteiger partial charge in [0.1, 0.15) is 23.7 Å². The van der Waals surface area contributed by atoms with Gasteiger partial charge in [0, 0.05) is 29.4 Å². The van der Waals surface area contributed by atoms with Gasteiger partial charge in [-0.1, -0.05) is 6.07 Å². The number of rotatable bonds is 7.